The number of carboxylic acid groups (broad SMARTS) is 1. The fourth-order valence-corrected chi connectivity index (χ4v) is 2.01. The summed E-state index contributed by atoms with van der Waals surface area (Å²) < 4.78 is 0. The standard InChI is InChI=1S/C14H17N3O3/c1-8(2)7-11(13(19)20)16-14-15-10-6-4-3-5-9(10)12(18)17-14/h3-6,8,11H,7H2,1-2H3,(H,19,20)(H2,15,16,17,18)/t11-/m0/s1. The SMILES string of the molecule is CC(C)C[C@H](Nc1nc2ccccc2c(=O)[nH]1)C(=O)O. The van der Waals surface area contributed by atoms with E-state index in [0.29, 0.717) is 17.3 Å². The number of fused-ring (bicyclic) bond motifs is 1. The molecule has 6 heteroatoms. The number of hydrogen-bond donors (Lipinski definition) is 3. The number of H-pyrrole nitrogens is 1. The molecule has 0 aliphatic heterocycles. The summed E-state index contributed by atoms with van der Waals surface area (Å²) in [6.07, 6.45) is 0.450. The maximum atomic E-state index is 11.9. The molecule has 1 aromatic carbocycles. The number of nitrogens with one attached hydrogen (secondary N) is 2. The Balaban J connectivity index is 2.33. The first-order valence-corrected chi connectivity index (χ1v) is 6.45. The van der Waals surface area contributed by atoms with Crippen LogP contribution in [0.25, 0.3) is 10.9 Å². The van der Waals surface area contributed by atoms with Gasteiger partial charge in [0.1, 0.15) is 6.04 Å². The lowest BCUT2D eigenvalue weighted by Gasteiger charge is -2.16. The van der Waals surface area contributed by atoms with Gasteiger partial charge in [0.25, 0.3) is 5.56 Å². The first kappa shape index (κ1) is 14.0. The van der Waals surface area contributed by atoms with Gasteiger partial charge in [-0.05, 0) is 24.5 Å². The van der Waals surface area contributed by atoms with Crippen molar-refractivity contribution < 1.29 is 9.90 Å². The Kier molecular flexibility index (Phi) is 4.02. The molecule has 1 heterocycles. The Morgan fingerprint density at radius 3 is 2.75 bits per heavy atom. The first-order valence-electron chi connectivity index (χ1n) is 6.45. The Hall–Kier alpha value is -2.37. The number of aromatic nitrogens is 2. The summed E-state index contributed by atoms with van der Waals surface area (Å²) in [6, 6.07) is 6.15. The first-order chi connectivity index (χ1) is 9.47. The van der Waals surface area contributed by atoms with Crippen molar-refractivity contribution in [3.8, 4) is 0 Å². The molecular weight excluding hydrogens is 258 g/mol. The van der Waals surface area contributed by atoms with E-state index in [2.05, 4.69) is 15.3 Å². The van der Waals surface area contributed by atoms with Gasteiger partial charge < -0.3 is 10.4 Å². The number of rotatable bonds is 5. The number of hydrogen-bond acceptors (Lipinski definition) is 4. The molecule has 0 saturated carbocycles. The quantitative estimate of drug-likeness (QED) is 0.773. The van der Waals surface area contributed by atoms with Crippen LogP contribution < -0.4 is 10.9 Å². The minimum atomic E-state index is -0.963. The molecule has 0 aliphatic carbocycles. The van der Waals surface area contributed by atoms with E-state index in [1.807, 2.05) is 13.8 Å². The Bertz CT molecular complexity index is 679. The van der Waals surface area contributed by atoms with Crippen LogP contribution in [0.1, 0.15) is 20.3 Å². The zero-order valence-corrected chi connectivity index (χ0v) is 11.4. The van der Waals surface area contributed by atoms with E-state index in [1.165, 1.54) is 0 Å². The molecule has 0 unspecified atom stereocenters. The molecule has 0 fully saturated rings. The Morgan fingerprint density at radius 2 is 2.10 bits per heavy atom. The molecule has 106 valence electrons. The van der Waals surface area contributed by atoms with Gasteiger partial charge in [0, 0.05) is 0 Å². The minimum Gasteiger partial charge on any atom is -0.480 e. The lowest BCUT2D eigenvalue weighted by molar-refractivity contribution is -0.138. The smallest absolute Gasteiger partial charge is 0.326 e. The van der Waals surface area contributed by atoms with Gasteiger partial charge in [0.15, 0.2) is 0 Å². The largest absolute Gasteiger partial charge is 0.480 e. The Morgan fingerprint density at radius 1 is 1.40 bits per heavy atom. The van der Waals surface area contributed by atoms with E-state index in [9.17, 15) is 14.7 Å². The number of aromatic amines is 1. The number of anilines is 1. The molecule has 0 amide bonds. The molecule has 2 rings (SSSR count). The maximum Gasteiger partial charge on any atom is 0.326 e. The molecule has 0 spiro atoms. The van der Waals surface area contributed by atoms with Crippen molar-refractivity contribution in [2.75, 3.05) is 5.32 Å². The number of nitrogens with zero attached hydrogens (tertiary/aromatic N) is 1. The maximum absolute atomic E-state index is 11.9. The van der Waals surface area contributed by atoms with Crippen LogP contribution >= 0.6 is 0 Å². The Labute approximate surface area is 115 Å². The molecule has 0 bridgehead atoms. The third kappa shape index (κ3) is 3.14. The van der Waals surface area contributed by atoms with Crippen LogP contribution in [-0.4, -0.2) is 27.1 Å². The number of para-hydroxylation sites is 1. The molecule has 3 N–H and O–H groups in total. The fourth-order valence-electron chi connectivity index (χ4n) is 2.01. The number of carboxylic acids is 1. The van der Waals surface area contributed by atoms with Gasteiger partial charge in [-0.3, -0.25) is 9.78 Å². The molecule has 1 aromatic heterocycles. The van der Waals surface area contributed by atoms with E-state index < -0.39 is 12.0 Å². The van der Waals surface area contributed by atoms with Crippen molar-refractivity contribution in [1.29, 1.82) is 0 Å². The average molecular weight is 275 g/mol. The minimum absolute atomic E-state index is 0.182. The third-order valence-electron chi connectivity index (χ3n) is 2.93. The van der Waals surface area contributed by atoms with Crippen LogP contribution in [-0.2, 0) is 4.79 Å². The van der Waals surface area contributed by atoms with E-state index in [1.54, 1.807) is 24.3 Å². The van der Waals surface area contributed by atoms with Crippen molar-refractivity contribution in [3.63, 3.8) is 0 Å². The summed E-state index contributed by atoms with van der Waals surface area (Å²) in [4.78, 5) is 29.9. The number of aliphatic carboxylic acids is 1. The second-order valence-corrected chi connectivity index (χ2v) is 5.10. The third-order valence-corrected chi connectivity index (χ3v) is 2.93. The summed E-state index contributed by atoms with van der Waals surface area (Å²) >= 11 is 0. The lowest BCUT2D eigenvalue weighted by Crippen LogP contribution is -2.32. The van der Waals surface area contributed by atoms with Gasteiger partial charge >= 0.3 is 5.97 Å². The van der Waals surface area contributed by atoms with Crippen LogP contribution in [0.5, 0.6) is 0 Å². The van der Waals surface area contributed by atoms with E-state index >= 15 is 0 Å². The van der Waals surface area contributed by atoms with Crippen LogP contribution in [0.15, 0.2) is 29.1 Å². The van der Waals surface area contributed by atoms with Crippen molar-refractivity contribution in [3.05, 3.63) is 34.6 Å². The summed E-state index contributed by atoms with van der Waals surface area (Å²) in [7, 11) is 0. The molecular formula is C14H17N3O3. The lowest BCUT2D eigenvalue weighted by atomic mass is 10.0. The number of carbonyl (C=O) groups is 1. The molecule has 1 atom stereocenters. The van der Waals surface area contributed by atoms with Gasteiger partial charge in [-0.1, -0.05) is 26.0 Å². The summed E-state index contributed by atoms with van der Waals surface area (Å²) in [6.45, 7) is 3.88. The molecule has 20 heavy (non-hydrogen) atoms. The molecule has 0 aliphatic rings. The molecule has 0 radical (unpaired) electrons. The predicted octanol–water partition coefficient (Wildman–Crippen LogP) is 1.83. The topological polar surface area (TPSA) is 95.1 Å². The van der Waals surface area contributed by atoms with E-state index in [-0.39, 0.29) is 17.4 Å². The summed E-state index contributed by atoms with van der Waals surface area (Å²) in [5.74, 6) is -0.563. The van der Waals surface area contributed by atoms with Crippen LogP contribution in [0.2, 0.25) is 0 Å². The van der Waals surface area contributed by atoms with Crippen molar-refractivity contribution >= 4 is 22.8 Å². The average Bonchev–Trinajstić information content (AvgIpc) is 2.37. The second-order valence-electron chi connectivity index (χ2n) is 5.10. The highest BCUT2D eigenvalue weighted by Gasteiger charge is 2.19. The van der Waals surface area contributed by atoms with Crippen molar-refractivity contribution in [1.82, 2.24) is 9.97 Å². The van der Waals surface area contributed by atoms with Crippen LogP contribution in [0.4, 0.5) is 5.95 Å². The second kappa shape index (κ2) is 5.73. The highest BCUT2D eigenvalue weighted by Crippen LogP contribution is 2.12. The van der Waals surface area contributed by atoms with Gasteiger partial charge in [-0.25, -0.2) is 9.78 Å². The summed E-state index contributed by atoms with van der Waals surface area (Å²) in [5.41, 5.74) is 0.249. The van der Waals surface area contributed by atoms with Crippen LogP contribution in [0.3, 0.4) is 0 Å². The van der Waals surface area contributed by atoms with E-state index in [0.717, 1.165) is 0 Å². The van der Waals surface area contributed by atoms with Crippen molar-refractivity contribution in [2.24, 2.45) is 5.92 Å². The summed E-state index contributed by atoms with van der Waals surface area (Å²) in [5, 5.41) is 12.4. The molecule has 6 nitrogen and oxygen atoms in total. The van der Waals surface area contributed by atoms with Gasteiger partial charge in [0.05, 0.1) is 10.9 Å². The molecule has 2 aromatic rings. The van der Waals surface area contributed by atoms with Gasteiger partial charge in [0.2, 0.25) is 5.95 Å². The fraction of sp³-hybridized carbons (Fsp3) is 0.357. The highest BCUT2D eigenvalue weighted by atomic mass is 16.4. The number of benzene rings is 1. The zero-order chi connectivity index (χ0) is 14.7. The van der Waals surface area contributed by atoms with Gasteiger partial charge in [-0.2, -0.15) is 0 Å². The van der Waals surface area contributed by atoms with Gasteiger partial charge in [-0.15, -0.1) is 0 Å². The highest BCUT2D eigenvalue weighted by molar-refractivity contribution is 5.80. The van der Waals surface area contributed by atoms with Crippen molar-refractivity contribution in [2.45, 2.75) is 26.3 Å². The normalized spacial score (nSPS) is 12.6. The monoisotopic (exact) mass is 275 g/mol. The zero-order valence-electron chi connectivity index (χ0n) is 11.4. The van der Waals surface area contributed by atoms with E-state index in [4.69, 9.17) is 0 Å². The predicted molar refractivity (Wildman–Crippen MR) is 76.9 cm³/mol. The molecule has 0 saturated heterocycles. The van der Waals surface area contributed by atoms with Crippen LogP contribution in [0, 0.1) is 5.92 Å².